The molecule has 82 valence electrons. The zero-order valence-electron chi connectivity index (χ0n) is 8.61. The Labute approximate surface area is 106 Å². The van der Waals surface area contributed by atoms with Crippen molar-refractivity contribution in [2.45, 2.75) is 6.92 Å². The van der Waals surface area contributed by atoms with Gasteiger partial charge >= 0.3 is 0 Å². The SMILES string of the molecule is Cc1cc2c(N)nc(/C(C=N)=C/I)cn2n1. The molecular weight excluding hydrogens is 317 g/mol. The van der Waals surface area contributed by atoms with Gasteiger partial charge in [0.2, 0.25) is 0 Å². The molecule has 0 aliphatic heterocycles. The minimum atomic E-state index is 0.427. The average Bonchev–Trinajstić information content (AvgIpc) is 2.61. The van der Waals surface area contributed by atoms with Gasteiger partial charge in [0, 0.05) is 11.8 Å². The fourth-order valence-electron chi connectivity index (χ4n) is 1.44. The summed E-state index contributed by atoms with van der Waals surface area (Å²) in [5, 5.41) is 11.6. The summed E-state index contributed by atoms with van der Waals surface area (Å²) in [5.41, 5.74) is 8.88. The third kappa shape index (κ3) is 1.80. The van der Waals surface area contributed by atoms with Crippen LogP contribution in [0.4, 0.5) is 5.82 Å². The van der Waals surface area contributed by atoms with Crippen LogP contribution in [0.25, 0.3) is 11.1 Å². The monoisotopic (exact) mass is 327 g/mol. The molecule has 0 amide bonds. The molecule has 16 heavy (non-hydrogen) atoms. The van der Waals surface area contributed by atoms with E-state index in [4.69, 9.17) is 11.1 Å². The van der Waals surface area contributed by atoms with Crippen molar-refractivity contribution < 1.29 is 0 Å². The fraction of sp³-hybridized carbons (Fsp3) is 0.100. The van der Waals surface area contributed by atoms with Gasteiger partial charge in [0.25, 0.3) is 0 Å². The van der Waals surface area contributed by atoms with Crippen LogP contribution in [0.2, 0.25) is 0 Å². The maximum absolute atomic E-state index is 7.27. The molecule has 0 atom stereocenters. The van der Waals surface area contributed by atoms with Gasteiger partial charge in [-0.05, 0) is 17.1 Å². The van der Waals surface area contributed by atoms with Crippen LogP contribution in [0.5, 0.6) is 0 Å². The third-order valence-electron chi connectivity index (χ3n) is 2.17. The minimum absolute atomic E-state index is 0.427. The number of aryl methyl sites for hydroxylation is 1. The van der Waals surface area contributed by atoms with Gasteiger partial charge in [-0.1, -0.05) is 22.6 Å². The Morgan fingerprint density at radius 2 is 2.38 bits per heavy atom. The predicted molar refractivity (Wildman–Crippen MR) is 72.9 cm³/mol. The Morgan fingerprint density at radius 1 is 1.62 bits per heavy atom. The molecule has 0 unspecified atom stereocenters. The number of hydrogen-bond donors (Lipinski definition) is 2. The summed E-state index contributed by atoms with van der Waals surface area (Å²) < 4.78 is 3.48. The number of allylic oxidation sites excluding steroid dienone is 1. The molecule has 0 aromatic carbocycles. The molecule has 6 heteroatoms. The Morgan fingerprint density at radius 3 is 3.00 bits per heavy atom. The number of hydrogen-bond acceptors (Lipinski definition) is 4. The summed E-state index contributed by atoms with van der Waals surface area (Å²) in [4.78, 5) is 4.25. The van der Waals surface area contributed by atoms with E-state index < -0.39 is 0 Å². The minimum Gasteiger partial charge on any atom is -0.382 e. The van der Waals surface area contributed by atoms with Crippen LogP contribution in [-0.2, 0) is 0 Å². The number of nitrogens with zero attached hydrogens (tertiary/aromatic N) is 3. The topological polar surface area (TPSA) is 80.1 Å². The number of halogens is 1. The first-order valence-corrected chi connectivity index (χ1v) is 5.84. The van der Waals surface area contributed by atoms with E-state index in [1.807, 2.05) is 13.0 Å². The fourth-order valence-corrected chi connectivity index (χ4v) is 1.94. The van der Waals surface area contributed by atoms with E-state index in [0.29, 0.717) is 17.1 Å². The molecule has 2 aromatic rings. The first kappa shape index (κ1) is 11.1. The smallest absolute Gasteiger partial charge is 0.150 e. The van der Waals surface area contributed by atoms with Crippen LogP contribution < -0.4 is 5.73 Å². The van der Waals surface area contributed by atoms with Gasteiger partial charge in [0.1, 0.15) is 11.3 Å². The van der Waals surface area contributed by atoms with Crippen LogP contribution in [0.3, 0.4) is 0 Å². The highest BCUT2D eigenvalue weighted by atomic mass is 127. The molecule has 2 heterocycles. The normalized spacial score (nSPS) is 12.0. The van der Waals surface area contributed by atoms with Crippen molar-refractivity contribution in [1.29, 1.82) is 5.41 Å². The zero-order chi connectivity index (χ0) is 11.7. The molecule has 0 aliphatic rings. The maximum Gasteiger partial charge on any atom is 0.150 e. The number of rotatable bonds is 2. The lowest BCUT2D eigenvalue weighted by Gasteiger charge is -2.03. The Balaban J connectivity index is 2.70. The Kier molecular flexibility index (Phi) is 2.90. The Bertz CT molecular complexity index is 584. The second kappa shape index (κ2) is 4.20. The van der Waals surface area contributed by atoms with E-state index in [9.17, 15) is 0 Å². The molecule has 0 aliphatic carbocycles. The first-order valence-electron chi connectivity index (χ1n) is 4.59. The largest absolute Gasteiger partial charge is 0.382 e. The van der Waals surface area contributed by atoms with E-state index in [2.05, 4.69) is 32.7 Å². The van der Waals surface area contributed by atoms with Crippen molar-refractivity contribution in [3.63, 3.8) is 0 Å². The number of anilines is 1. The molecule has 0 radical (unpaired) electrons. The van der Waals surface area contributed by atoms with Gasteiger partial charge in [-0.15, -0.1) is 0 Å². The second-order valence-corrected chi connectivity index (χ2v) is 3.96. The van der Waals surface area contributed by atoms with E-state index in [0.717, 1.165) is 11.2 Å². The van der Waals surface area contributed by atoms with Gasteiger partial charge in [-0.25, -0.2) is 9.50 Å². The lowest BCUT2D eigenvalue weighted by molar-refractivity contribution is 0.920. The highest BCUT2D eigenvalue weighted by Crippen LogP contribution is 2.18. The van der Waals surface area contributed by atoms with Crippen LogP contribution in [0, 0.1) is 12.3 Å². The van der Waals surface area contributed by atoms with Crippen molar-refractivity contribution in [3.05, 3.63) is 27.7 Å². The molecule has 0 saturated carbocycles. The lowest BCUT2D eigenvalue weighted by atomic mass is 10.2. The predicted octanol–water partition coefficient (Wildman–Crippen LogP) is 2.05. The van der Waals surface area contributed by atoms with E-state index in [1.54, 1.807) is 14.8 Å². The molecular formula is C10H10IN5. The van der Waals surface area contributed by atoms with Crippen molar-refractivity contribution in [2.75, 3.05) is 5.73 Å². The van der Waals surface area contributed by atoms with Gasteiger partial charge in [0.05, 0.1) is 17.6 Å². The quantitative estimate of drug-likeness (QED) is 0.654. The highest BCUT2D eigenvalue weighted by Gasteiger charge is 2.07. The molecule has 0 spiro atoms. The average molecular weight is 327 g/mol. The van der Waals surface area contributed by atoms with E-state index in [-0.39, 0.29) is 0 Å². The summed E-state index contributed by atoms with van der Waals surface area (Å²) in [5.74, 6) is 0.427. The summed E-state index contributed by atoms with van der Waals surface area (Å²) in [6, 6.07) is 1.88. The van der Waals surface area contributed by atoms with E-state index in [1.165, 1.54) is 6.21 Å². The molecule has 0 bridgehead atoms. The molecule has 0 fully saturated rings. The highest BCUT2D eigenvalue weighted by molar-refractivity contribution is 14.1. The molecule has 2 rings (SSSR count). The van der Waals surface area contributed by atoms with Crippen molar-refractivity contribution in [3.8, 4) is 0 Å². The lowest BCUT2D eigenvalue weighted by Crippen LogP contribution is -2.01. The van der Waals surface area contributed by atoms with Crippen molar-refractivity contribution >= 4 is 45.7 Å². The summed E-state index contributed by atoms with van der Waals surface area (Å²) >= 11 is 2.07. The number of nitrogens with one attached hydrogen (secondary N) is 1. The number of fused-ring (bicyclic) bond motifs is 1. The van der Waals surface area contributed by atoms with Gasteiger partial charge in [-0.3, -0.25) is 0 Å². The van der Waals surface area contributed by atoms with Crippen LogP contribution in [0.15, 0.2) is 16.3 Å². The first-order chi connectivity index (χ1) is 7.65. The van der Waals surface area contributed by atoms with Crippen LogP contribution in [0.1, 0.15) is 11.4 Å². The zero-order valence-corrected chi connectivity index (χ0v) is 10.8. The second-order valence-electron chi connectivity index (χ2n) is 3.34. The molecule has 2 aromatic heterocycles. The van der Waals surface area contributed by atoms with Gasteiger partial charge < -0.3 is 11.1 Å². The van der Waals surface area contributed by atoms with Crippen LogP contribution in [-0.4, -0.2) is 20.8 Å². The molecule has 3 N–H and O–H groups in total. The summed E-state index contributed by atoms with van der Waals surface area (Å²) in [6.07, 6.45) is 3.02. The summed E-state index contributed by atoms with van der Waals surface area (Å²) in [6.45, 7) is 1.90. The Hall–Kier alpha value is -1.44. The molecule has 0 saturated heterocycles. The maximum atomic E-state index is 7.27. The molecule has 5 nitrogen and oxygen atoms in total. The van der Waals surface area contributed by atoms with Gasteiger partial charge in [0.15, 0.2) is 0 Å². The number of nitrogen functional groups attached to an aromatic ring is 1. The third-order valence-corrected chi connectivity index (χ3v) is 2.85. The number of nitrogens with two attached hydrogens (primary N) is 1. The van der Waals surface area contributed by atoms with E-state index >= 15 is 0 Å². The van der Waals surface area contributed by atoms with Crippen LogP contribution >= 0.6 is 22.6 Å². The standard InChI is InChI=1S/C10H10IN5/c1-6-2-9-10(13)14-8(5-16(9)15-6)7(3-11)4-12/h2-5,12H,1H3,(H2,13,14)/b7-3+,12-4?. The van der Waals surface area contributed by atoms with Crippen molar-refractivity contribution in [1.82, 2.24) is 14.6 Å². The number of aromatic nitrogens is 3. The summed E-state index contributed by atoms with van der Waals surface area (Å²) in [7, 11) is 0. The van der Waals surface area contributed by atoms with Gasteiger partial charge in [-0.2, -0.15) is 5.10 Å². The van der Waals surface area contributed by atoms with Crippen molar-refractivity contribution in [2.24, 2.45) is 0 Å².